The largest absolute Gasteiger partial charge is 0.480 e. The lowest BCUT2D eigenvalue weighted by molar-refractivity contribution is -0.144. The minimum atomic E-state index is -1.06. The van der Waals surface area contributed by atoms with Crippen LogP contribution in [0.4, 0.5) is 0 Å². The highest BCUT2D eigenvalue weighted by Crippen LogP contribution is 1.89. The summed E-state index contributed by atoms with van der Waals surface area (Å²) in [6.07, 6.45) is 0.304. The zero-order valence-corrected chi connectivity index (χ0v) is 8.95. The smallest absolute Gasteiger partial charge is 0.323 e. The zero-order chi connectivity index (χ0) is 11.8. The fraction of sp³-hybridized carbons (Fsp3) is 0.667. The first-order chi connectivity index (χ1) is 7.01. The molecule has 0 atom stereocenters. The van der Waals surface area contributed by atoms with Gasteiger partial charge >= 0.3 is 5.97 Å². The Kier molecular flexibility index (Phi) is 6.08. The molecule has 0 saturated carbocycles. The van der Waals surface area contributed by atoms with Gasteiger partial charge in [-0.2, -0.15) is 0 Å². The van der Waals surface area contributed by atoms with Crippen molar-refractivity contribution in [3.05, 3.63) is 0 Å². The molecule has 0 aromatic heterocycles. The lowest BCUT2D eigenvalue weighted by Crippen LogP contribution is -2.42. The Bertz CT molecular complexity index is 252. The number of hydrogen-bond acceptors (Lipinski definition) is 3. The van der Waals surface area contributed by atoms with Crippen LogP contribution in [0.2, 0.25) is 0 Å². The molecule has 0 radical (unpaired) electrons. The van der Waals surface area contributed by atoms with Crippen LogP contribution in [0, 0.1) is 0 Å². The van der Waals surface area contributed by atoms with Gasteiger partial charge in [0.05, 0.1) is 6.54 Å². The number of nitrogens with zero attached hydrogens (tertiary/aromatic N) is 1. The van der Waals surface area contributed by atoms with E-state index in [0.717, 1.165) is 4.90 Å². The second-order valence-electron chi connectivity index (χ2n) is 2.93. The molecule has 86 valence electrons. The van der Waals surface area contributed by atoms with Gasteiger partial charge in [-0.15, -0.1) is 0 Å². The number of carbonyl (C=O) groups excluding carboxylic acids is 2. The predicted molar refractivity (Wildman–Crippen MR) is 53.2 cm³/mol. The zero-order valence-electron chi connectivity index (χ0n) is 8.95. The van der Waals surface area contributed by atoms with E-state index in [9.17, 15) is 14.4 Å². The predicted octanol–water partition coefficient (Wildman–Crippen LogP) is -0.554. The van der Waals surface area contributed by atoms with Crippen LogP contribution in [0.15, 0.2) is 0 Å². The molecule has 0 fully saturated rings. The van der Waals surface area contributed by atoms with Crippen molar-refractivity contribution in [2.45, 2.75) is 20.3 Å². The summed E-state index contributed by atoms with van der Waals surface area (Å²) in [7, 11) is 0. The fourth-order valence-electron chi connectivity index (χ4n) is 0.951. The van der Waals surface area contributed by atoms with Crippen molar-refractivity contribution in [3.8, 4) is 0 Å². The van der Waals surface area contributed by atoms with E-state index in [0.29, 0.717) is 13.0 Å². The number of nitrogens with one attached hydrogen (secondary N) is 1. The number of carbonyl (C=O) groups is 3. The Morgan fingerprint density at radius 1 is 1.27 bits per heavy atom. The number of likely N-dealkylation sites (N-methyl/N-ethyl adjacent to an activating group) is 1. The average Bonchev–Trinajstić information content (AvgIpc) is 2.21. The van der Waals surface area contributed by atoms with Crippen LogP contribution in [0.25, 0.3) is 0 Å². The van der Waals surface area contributed by atoms with Gasteiger partial charge in [-0.1, -0.05) is 6.92 Å². The van der Waals surface area contributed by atoms with Crippen molar-refractivity contribution >= 4 is 17.8 Å². The number of carboxylic acids is 1. The first kappa shape index (κ1) is 13.4. The average molecular weight is 216 g/mol. The molecular formula is C9H16N2O4. The van der Waals surface area contributed by atoms with Gasteiger partial charge in [-0.05, 0) is 6.92 Å². The Morgan fingerprint density at radius 2 is 1.87 bits per heavy atom. The number of rotatable bonds is 6. The van der Waals surface area contributed by atoms with Crippen molar-refractivity contribution < 1.29 is 19.5 Å². The molecule has 0 heterocycles. The minimum Gasteiger partial charge on any atom is -0.480 e. The Hall–Kier alpha value is -1.59. The SMILES string of the molecule is CCC(=O)NCC(=O)N(CC)CC(=O)O. The van der Waals surface area contributed by atoms with E-state index >= 15 is 0 Å². The van der Waals surface area contributed by atoms with Crippen LogP contribution in [-0.4, -0.2) is 47.4 Å². The van der Waals surface area contributed by atoms with E-state index in [-0.39, 0.29) is 24.9 Å². The normalized spacial score (nSPS) is 9.47. The van der Waals surface area contributed by atoms with Gasteiger partial charge < -0.3 is 15.3 Å². The lowest BCUT2D eigenvalue weighted by atomic mass is 10.4. The number of hydrogen-bond donors (Lipinski definition) is 2. The van der Waals surface area contributed by atoms with Gasteiger partial charge in [0.15, 0.2) is 0 Å². The molecule has 0 aliphatic rings. The Balaban J connectivity index is 4.04. The van der Waals surface area contributed by atoms with Crippen molar-refractivity contribution in [2.75, 3.05) is 19.6 Å². The van der Waals surface area contributed by atoms with Gasteiger partial charge in [0, 0.05) is 13.0 Å². The maximum Gasteiger partial charge on any atom is 0.323 e. The second-order valence-corrected chi connectivity index (χ2v) is 2.93. The first-order valence-electron chi connectivity index (χ1n) is 4.77. The van der Waals surface area contributed by atoms with Gasteiger partial charge in [-0.3, -0.25) is 14.4 Å². The van der Waals surface area contributed by atoms with Crippen LogP contribution >= 0.6 is 0 Å². The Morgan fingerprint density at radius 3 is 2.27 bits per heavy atom. The molecule has 2 amide bonds. The summed E-state index contributed by atoms with van der Waals surface area (Å²) < 4.78 is 0. The molecule has 0 unspecified atom stereocenters. The summed E-state index contributed by atoms with van der Waals surface area (Å²) in [5.74, 6) is -1.68. The maximum atomic E-state index is 11.4. The van der Waals surface area contributed by atoms with E-state index in [1.165, 1.54) is 0 Å². The third kappa shape index (κ3) is 5.66. The van der Waals surface area contributed by atoms with E-state index in [1.54, 1.807) is 13.8 Å². The molecule has 2 N–H and O–H groups in total. The van der Waals surface area contributed by atoms with Gasteiger partial charge in [-0.25, -0.2) is 0 Å². The molecular weight excluding hydrogens is 200 g/mol. The molecule has 0 spiro atoms. The molecule has 0 rings (SSSR count). The molecule has 6 heteroatoms. The van der Waals surface area contributed by atoms with Gasteiger partial charge in [0.1, 0.15) is 6.54 Å². The van der Waals surface area contributed by atoms with Gasteiger partial charge in [0.25, 0.3) is 0 Å². The number of carboxylic acid groups (broad SMARTS) is 1. The highest BCUT2D eigenvalue weighted by atomic mass is 16.4. The standard InChI is InChI=1S/C9H16N2O4/c1-3-7(12)10-5-8(13)11(4-2)6-9(14)15/h3-6H2,1-2H3,(H,10,12)(H,14,15). The van der Waals surface area contributed by atoms with E-state index in [4.69, 9.17) is 5.11 Å². The van der Waals surface area contributed by atoms with Crippen molar-refractivity contribution in [2.24, 2.45) is 0 Å². The van der Waals surface area contributed by atoms with Gasteiger partial charge in [0.2, 0.25) is 11.8 Å². The summed E-state index contributed by atoms with van der Waals surface area (Å²) in [5.41, 5.74) is 0. The van der Waals surface area contributed by atoms with Crippen LogP contribution in [0.1, 0.15) is 20.3 Å². The third-order valence-corrected chi connectivity index (χ3v) is 1.82. The molecule has 6 nitrogen and oxygen atoms in total. The van der Waals surface area contributed by atoms with E-state index < -0.39 is 5.97 Å². The topological polar surface area (TPSA) is 86.7 Å². The highest BCUT2D eigenvalue weighted by molar-refractivity contribution is 5.86. The monoisotopic (exact) mass is 216 g/mol. The quantitative estimate of drug-likeness (QED) is 0.623. The highest BCUT2D eigenvalue weighted by Gasteiger charge is 2.14. The maximum absolute atomic E-state index is 11.4. The minimum absolute atomic E-state index is 0.145. The molecule has 0 aliphatic carbocycles. The third-order valence-electron chi connectivity index (χ3n) is 1.82. The van der Waals surface area contributed by atoms with E-state index in [1.807, 2.05) is 0 Å². The first-order valence-corrected chi connectivity index (χ1v) is 4.77. The molecule has 0 bridgehead atoms. The van der Waals surface area contributed by atoms with Crippen molar-refractivity contribution in [3.63, 3.8) is 0 Å². The van der Waals surface area contributed by atoms with Crippen molar-refractivity contribution in [1.29, 1.82) is 0 Å². The summed E-state index contributed by atoms with van der Waals surface area (Å²) >= 11 is 0. The molecule has 0 saturated heterocycles. The van der Waals surface area contributed by atoms with E-state index in [2.05, 4.69) is 5.32 Å². The summed E-state index contributed by atoms with van der Waals surface area (Å²) in [4.78, 5) is 33.8. The summed E-state index contributed by atoms with van der Waals surface area (Å²) in [6.45, 7) is 3.19. The fourth-order valence-corrected chi connectivity index (χ4v) is 0.951. The van der Waals surface area contributed by atoms with Crippen LogP contribution in [0.3, 0.4) is 0 Å². The molecule has 0 aliphatic heterocycles. The lowest BCUT2D eigenvalue weighted by Gasteiger charge is -2.18. The Labute approximate surface area is 88.2 Å². The second kappa shape index (κ2) is 6.80. The summed E-state index contributed by atoms with van der Waals surface area (Å²) in [5, 5.41) is 10.9. The van der Waals surface area contributed by atoms with Crippen LogP contribution in [0.5, 0.6) is 0 Å². The molecule has 0 aromatic carbocycles. The van der Waals surface area contributed by atoms with Crippen LogP contribution in [-0.2, 0) is 14.4 Å². The number of amides is 2. The number of aliphatic carboxylic acids is 1. The van der Waals surface area contributed by atoms with Crippen LogP contribution < -0.4 is 5.32 Å². The molecule has 0 aromatic rings. The molecule has 15 heavy (non-hydrogen) atoms. The van der Waals surface area contributed by atoms with Crippen molar-refractivity contribution in [1.82, 2.24) is 10.2 Å². The summed E-state index contributed by atoms with van der Waals surface area (Å²) in [6, 6.07) is 0.